The molecule has 3 aromatic rings. The molecule has 3 aromatic heterocycles. The van der Waals surface area contributed by atoms with Crippen LogP contribution >= 0.6 is 22.9 Å². The number of carbonyl (C=O) groups is 1. The van der Waals surface area contributed by atoms with Crippen molar-refractivity contribution in [1.82, 2.24) is 19.9 Å². The summed E-state index contributed by atoms with van der Waals surface area (Å²) >= 11 is 6.72. The van der Waals surface area contributed by atoms with E-state index in [4.69, 9.17) is 17.3 Å². The van der Waals surface area contributed by atoms with E-state index in [2.05, 4.69) is 15.4 Å². The van der Waals surface area contributed by atoms with Crippen LogP contribution in [-0.2, 0) is 6.18 Å². The molecular formula is C18H15ClF5N5OS. The summed E-state index contributed by atoms with van der Waals surface area (Å²) in [5.41, 5.74) is 3.91. The fourth-order valence-electron chi connectivity index (χ4n) is 3.61. The molecule has 0 aromatic carbocycles. The summed E-state index contributed by atoms with van der Waals surface area (Å²) in [5, 5.41) is 5.38. The highest BCUT2D eigenvalue weighted by Crippen LogP contribution is 2.42. The number of hydrogen-bond donors (Lipinski definition) is 2. The number of halogens is 6. The Labute approximate surface area is 181 Å². The maximum Gasteiger partial charge on any atom is 0.435 e. The Hall–Kier alpha value is -2.31. The quantitative estimate of drug-likeness (QED) is 0.546. The number of pyridine rings is 1. The Morgan fingerprint density at radius 2 is 2.10 bits per heavy atom. The van der Waals surface area contributed by atoms with Gasteiger partial charge >= 0.3 is 6.18 Å². The van der Waals surface area contributed by atoms with Crippen molar-refractivity contribution in [1.29, 1.82) is 0 Å². The van der Waals surface area contributed by atoms with E-state index in [1.165, 1.54) is 24.4 Å². The van der Waals surface area contributed by atoms with E-state index in [9.17, 15) is 26.7 Å². The molecule has 4 rings (SSSR count). The monoisotopic (exact) mass is 479 g/mol. The van der Waals surface area contributed by atoms with Gasteiger partial charge < -0.3 is 11.1 Å². The van der Waals surface area contributed by atoms with Gasteiger partial charge in [-0.15, -0.1) is 0 Å². The van der Waals surface area contributed by atoms with Crippen molar-refractivity contribution < 1.29 is 26.7 Å². The van der Waals surface area contributed by atoms with Gasteiger partial charge in [0.15, 0.2) is 10.7 Å². The van der Waals surface area contributed by atoms with Crippen molar-refractivity contribution in [2.75, 3.05) is 0 Å². The van der Waals surface area contributed by atoms with Crippen LogP contribution in [0.4, 0.5) is 22.0 Å². The number of hydrogen-bond acceptors (Lipinski definition) is 5. The first kappa shape index (κ1) is 21.9. The maximum atomic E-state index is 14.2. The summed E-state index contributed by atoms with van der Waals surface area (Å²) in [6.07, 6.45) is -3.38. The Balaban J connectivity index is 1.73. The number of nitrogens with zero attached hydrogens (tertiary/aromatic N) is 3. The van der Waals surface area contributed by atoms with Crippen LogP contribution in [0.15, 0.2) is 24.4 Å². The van der Waals surface area contributed by atoms with E-state index in [0.717, 1.165) is 4.52 Å². The summed E-state index contributed by atoms with van der Waals surface area (Å²) in [6, 6.07) is 1.84. The SMILES string of the molecule is N[C@H]1CCCC(F)(F)[C@@H]1NC(=O)c1nc(-c2c(C(F)(F)F)nn3ccccc23)c(Cl)s1. The van der Waals surface area contributed by atoms with Gasteiger partial charge in [-0.25, -0.2) is 18.3 Å². The number of rotatable bonds is 3. The predicted octanol–water partition coefficient (Wildman–Crippen LogP) is 4.37. The number of nitrogens with one attached hydrogen (secondary N) is 1. The molecule has 0 bridgehead atoms. The standard InChI is InChI=1S/C18H15ClF5N5OS/c19-14-11(10-9-5-1-2-7-29(9)28-13(10)18(22,23)24)26-16(31-14)15(30)27-12-8(25)4-3-6-17(12,20)21/h1-2,5,7-8,12H,3-4,6,25H2,(H,27,30)/t8-,12+/m0/s1. The molecule has 1 aliphatic rings. The first-order chi connectivity index (χ1) is 14.5. The van der Waals surface area contributed by atoms with Crippen LogP contribution in [0.1, 0.15) is 34.8 Å². The first-order valence-corrected chi connectivity index (χ1v) is 10.3. The molecule has 1 amide bonds. The summed E-state index contributed by atoms with van der Waals surface area (Å²) in [5.74, 6) is -4.19. The third-order valence-electron chi connectivity index (χ3n) is 5.04. The second-order valence-corrected chi connectivity index (χ2v) is 8.76. The van der Waals surface area contributed by atoms with Crippen LogP contribution < -0.4 is 11.1 Å². The average molecular weight is 480 g/mol. The number of carbonyl (C=O) groups excluding carboxylic acids is 1. The third kappa shape index (κ3) is 3.99. The van der Waals surface area contributed by atoms with Gasteiger partial charge in [0.25, 0.3) is 11.8 Å². The van der Waals surface area contributed by atoms with E-state index >= 15 is 0 Å². The molecular weight excluding hydrogens is 465 g/mol. The second kappa shape index (κ2) is 7.68. The molecule has 6 nitrogen and oxygen atoms in total. The zero-order valence-electron chi connectivity index (χ0n) is 15.6. The van der Waals surface area contributed by atoms with E-state index in [1.54, 1.807) is 0 Å². The fraction of sp³-hybridized carbons (Fsp3) is 0.389. The van der Waals surface area contributed by atoms with Gasteiger partial charge in [-0.1, -0.05) is 29.0 Å². The van der Waals surface area contributed by atoms with E-state index in [0.29, 0.717) is 17.8 Å². The topological polar surface area (TPSA) is 85.3 Å². The summed E-state index contributed by atoms with van der Waals surface area (Å²) < 4.78 is 70.0. The lowest BCUT2D eigenvalue weighted by molar-refractivity contribution is -0.140. The number of nitrogens with two attached hydrogens (primary N) is 1. The second-order valence-electron chi connectivity index (χ2n) is 7.16. The molecule has 3 N–H and O–H groups in total. The van der Waals surface area contributed by atoms with E-state index in [-0.39, 0.29) is 27.0 Å². The molecule has 166 valence electrons. The number of aromatic nitrogens is 3. The van der Waals surface area contributed by atoms with Crippen LogP contribution in [0.5, 0.6) is 0 Å². The summed E-state index contributed by atoms with van der Waals surface area (Å²) in [4.78, 5) is 16.5. The molecule has 1 aliphatic carbocycles. The van der Waals surface area contributed by atoms with Crippen molar-refractivity contribution >= 4 is 34.4 Å². The molecule has 0 unspecified atom stereocenters. The molecule has 3 heterocycles. The van der Waals surface area contributed by atoms with Crippen molar-refractivity contribution in [2.24, 2.45) is 5.73 Å². The van der Waals surface area contributed by atoms with Crippen molar-refractivity contribution in [3.63, 3.8) is 0 Å². The Morgan fingerprint density at radius 1 is 1.35 bits per heavy atom. The molecule has 2 atom stereocenters. The molecule has 1 saturated carbocycles. The minimum atomic E-state index is -4.81. The third-order valence-corrected chi connectivity index (χ3v) is 6.30. The minimum Gasteiger partial charge on any atom is -0.340 e. The zero-order chi connectivity index (χ0) is 22.6. The molecule has 13 heteroatoms. The van der Waals surface area contributed by atoms with E-state index in [1.807, 2.05) is 0 Å². The minimum absolute atomic E-state index is 0.0785. The van der Waals surface area contributed by atoms with Crippen molar-refractivity contribution in [2.45, 2.75) is 43.4 Å². The zero-order valence-corrected chi connectivity index (χ0v) is 17.2. The van der Waals surface area contributed by atoms with Crippen LogP contribution in [0.3, 0.4) is 0 Å². The van der Waals surface area contributed by atoms with Gasteiger partial charge in [-0.2, -0.15) is 18.3 Å². The highest BCUT2D eigenvalue weighted by molar-refractivity contribution is 7.18. The highest BCUT2D eigenvalue weighted by atomic mass is 35.5. The lowest BCUT2D eigenvalue weighted by atomic mass is 9.87. The summed E-state index contributed by atoms with van der Waals surface area (Å²) in [6.45, 7) is 0. The molecule has 31 heavy (non-hydrogen) atoms. The smallest absolute Gasteiger partial charge is 0.340 e. The van der Waals surface area contributed by atoms with E-state index < -0.39 is 47.8 Å². The van der Waals surface area contributed by atoms with Crippen molar-refractivity contribution in [3.05, 3.63) is 39.4 Å². The highest BCUT2D eigenvalue weighted by Gasteiger charge is 2.47. The van der Waals surface area contributed by atoms with Gasteiger partial charge in [0.05, 0.1) is 11.1 Å². The first-order valence-electron chi connectivity index (χ1n) is 9.14. The normalized spacial score (nSPS) is 21.4. The van der Waals surface area contributed by atoms with Gasteiger partial charge in [0.1, 0.15) is 16.1 Å². The Kier molecular flexibility index (Phi) is 5.42. The molecule has 0 aliphatic heterocycles. The lowest BCUT2D eigenvalue weighted by Crippen LogP contribution is -2.59. The molecule has 1 fully saturated rings. The van der Waals surface area contributed by atoms with Crippen LogP contribution in [-0.4, -0.2) is 38.5 Å². The van der Waals surface area contributed by atoms with Gasteiger partial charge in [-0.3, -0.25) is 4.79 Å². The van der Waals surface area contributed by atoms with Gasteiger partial charge in [-0.05, 0) is 25.0 Å². The number of alkyl halides is 5. The molecule has 0 saturated heterocycles. The maximum absolute atomic E-state index is 14.2. The number of amides is 1. The number of thiazole rings is 1. The predicted molar refractivity (Wildman–Crippen MR) is 104 cm³/mol. The average Bonchev–Trinajstić information content (AvgIpc) is 3.25. The fourth-order valence-corrected chi connectivity index (χ4v) is 4.67. The van der Waals surface area contributed by atoms with Crippen LogP contribution in [0.2, 0.25) is 4.34 Å². The Bertz CT molecular complexity index is 1140. The van der Waals surface area contributed by atoms with Gasteiger partial charge in [0, 0.05) is 18.7 Å². The van der Waals surface area contributed by atoms with Crippen LogP contribution in [0.25, 0.3) is 16.8 Å². The molecule has 0 spiro atoms. The van der Waals surface area contributed by atoms with Gasteiger partial charge in [0.2, 0.25) is 0 Å². The molecule has 0 radical (unpaired) electrons. The lowest BCUT2D eigenvalue weighted by Gasteiger charge is -2.36. The number of fused-ring (bicyclic) bond motifs is 1. The largest absolute Gasteiger partial charge is 0.435 e. The Morgan fingerprint density at radius 3 is 2.77 bits per heavy atom. The van der Waals surface area contributed by atoms with Crippen molar-refractivity contribution in [3.8, 4) is 11.3 Å². The summed E-state index contributed by atoms with van der Waals surface area (Å²) in [7, 11) is 0. The van der Waals surface area contributed by atoms with Crippen LogP contribution in [0, 0.1) is 0 Å².